The Kier molecular flexibility index (Phi) is 2.40. The molecule has 0 aliphatic carbocycles. The van der Waals surface area contributed by atoms with Crippen LogP contribution in [0.25, 0.3) is 0 Å². The Morgan fingerprint density at radius 2 is 2.07 bits per heavy atom. The zero-order chi connectivity index (χ0) is 11.3. The van der Waals surface area contributed by atoms with Gasteiger partial charge in [0.25, 0.3) is 0 Å². The van der Waals surface area contributed by atoms with E-state index >= 15 is 0 Å². The molecule has 5 nitrogen and oxygen atoms in total. The minimum Gasteiger partial charge on any atom is -0.394 e. The van der Waals surface area contributed by atoms with Crippen molar-refractivity contribution in [2.24, 2.45) is 0 Å². The van der Waals surface area contributed by atoms with Crippen molar-refractivity contribution in [2.75, 3.05) is 6.61 Å². The van der Waals surface area contributed by atoms with Crippen molar-refractivity contribution in [1.82, 2.24) is 0 Å². The Morgan fingerprint density at radius 3 is 2.60 bits per heavy atom. The van der Waals surface area contributed by atoms with Gasteiger partial charge in [-0.25, -0.2) is 0 Å². The molecular weight excluding hydrogens is 200 g/mol. The summed E-state index contributed by atoms with van der Waals surface area (Å²) in [5.41, 5.74) is -1.40. The summed E-state index contributed by atoms with van der Waals surface area (Å²) < 4.78 is 16.3. The maximum absolute atomic E-state index is 10.3. The summed E-state index contributed by atoms with van der Waals surface area (Å²) in [5, 5.41) is 19.3. The van der Waals surface area contributed by atoms with Gasteiger partial charge < -0.3 is 24.4 Å². The van der Waals surface area contributed by atoms with E-state index in [1.54, 1.807) is 13.8 Å². The Balaban J connectivity index is 2.25. The Hall–Kier alpha value is -0.460. The molecular formula is C10H16O5. The van der Waals surface area contributed by atoms with Crippen molar-refractivity contribution in [1.29, 1.82) is 0 Å². The fourth-order valence-corrected chi connectivity index (χ4v) is 2.03. The van der Waals surface area contributed by atoms with E-state index in [2.05, 4.69) is 6.58 Å². The highest BCUT2D eigenvalue weighted by Crippen LogP contribution is 2.43. The molecule has 0 aromatic rings. The van der Waals surface area contributed by atoms with Gasteiger partial charge in [0.1, 0.15) is 17.8 Å². The lowest BCUT2D eigenvalue weighted by molar-refractivity contribution is -0.227. The van der Waals surface area contributed by atoms with Gasteiger partial charge in [0, 0.05) is 0 Å². The third-order valence-electron chi connectivity index (χ3n) is 2.82. The van der Waals surface area contributed by atoms with Crippen LogP contribution in [0.3, 0.4) is 0 Å². The van der Waals surface area contributed by atoms with Gasteiger partial charge in [-0.1, -0.05) is 6.08 Å². The maximum atomic E-state index is 10.3. The number of hydrogen-bond acceptors (Lipinski definition) is 5. The second-order valence-electron chi connectivity index (χ2n) is 4.32. The van der Waals surface area contributed by atoms with Crippen LogP contribution >= 0.6 is 0 Å². The van der Waals surface area contributed by atoms with Crippen LogP contribution in [-0.4, -0.2) is 46.7 Å². The standard InChI is InChI=1S/C10H16O5/c1-4-10(12)6(5-11)13-8-7(10)14-9(2,3)15-8/h4,6-8,11-12H,1,5H2,2-3H3/t6-,7+,8-,10?/m1/s1. The number of aliphatic hydroxyl groups excluding tert-OH is 1. The third-order valence-corrected chi connectivity index (χ3v) is 2.82. The van der Waals surface area contributed by atoms with Crippen LogP contribution in [0.15, 0.2) is 12.7 Å². The van der Waals surface area contributed by atoms with Gasteiger partial charge in [0.15, 0.2) is 12.1 Å². The van der Waals surface area contributed by atoms with Crippen LogP contribution in [0.5, 0.6) is 0 Å². The molecule has 2 heterocycles. The molecule has 0 saturated carbocycles. The molecule has 0 radical (unpaired) electrons. The van der Waals surface area contributed by atoms with E-state index in [4.69, 9.17) is 19.3 Å². The monoisotopic (exact) mass is 216 g/mol. The number of aliphatic hydroxyl groups is 2. The average Bonchev–Trinajstić information content (AvgIpc) is 2.60. The van der Waals surface area contributed by atoms with Crippen molar-refractivity contribution in [3.63, 3.8) is 0 Å². The highest BCUT2D eigenvalue weighted by atomic mass is 16.8. The molecule has 0 aromatic carbocycles. The lowest BCUT2D eigenvalue weighted by atomic mass is 9.93. The molecule has 0 spiro atoms. The molecule has 0 amide bonds. The maximum Gasteiger partial charge on any atom is 0.191 e. The largest absolute Gasteiger partial charge is 0.394 e. The van der Waals surface area contributed by atoms with Gasteiger partial charge >= 0.3 is 0 Å². The minimum atomic E-state index is -1.40. The summed E-state index contributed by atoms with van der Waals surface area (Å²) in [6.07, 6.45) is -0.702. The van der Waals surface area contributed by atoms with Crippen LogP contribution in [0.1, 0.15) is 13.8 Å². The smallest absolute Gasteiger partial charge is 0.191 e. The first-order valence-electron chi connectivity index (χ1n) is 4.91. The van der Waals surface area contributed by atoms with Gasteiger partial charge in [-0.2, -0.15) is 0 Å². The Bertz CT molecular complexity index is 277. The third kappa shape index (κ3) is 1.51. The van der Waals surface area contributed by atoms with Crippen LogP contribution < -0.4 is 0 Å². The number of rotatable bonds is 2. The summed E-state index contributed by atoms with van der Waals surface area (Å²) in [6.45, 7) is 6.73. The highest BCUT2D eigenvalue weighted by molar-refractivity contribution is 5.14. The first-order valence-corrected chi connectivity index (χ1v) is 4.91. The zero-order valence-corrected chi connectivity index (χ0v) is 8.84. The second-order valence-corrected chi connectivity index (χ2v) is 4.32. The summed E-state index contributed by atoms with van der Waals surface area (Å²) in [5.74, 6) is -0.785. The Morgan fingerprint density at radius 1 is 1.40 bits per heavy atom. The molecule has 2 aliphatic rings. The van der Waals surface area contributed by atoms with E-state index in [1.165, 1.54) is 6.08 Å². The predicted molar refractivity (Wildman–Crippen MR) is 50.9 cm³/mol. The lowest BCUT2D eigenvalue weighted by Gasteiger charge is -2.29. The van der Waals surface area contributed by atoms with Crippen molar-refractivity contribution in [3.8, 4) is 0 Å². The van der Waals surface area contributed by atoms with Crippen LogP contribution in [0, 0.1) is 0 Å². The predicted octanol–water partition coefficient (Wildman–Crippen LogP) is -0.228. The van der Waals surface area contributed by atoms with E-state index in [1.807, 2.05) is 0 Å². The topological polar surface area (TPSA) is 68.2 Å². The zero-order valence-electron chi connectivity index (χ0n) is 8.84. The van der Waals surface area contributed by atoms with E-state index in [-0.39, 0.29) is 6.61 Å². The van der Waals surface area contributed by atoms with Gasteiger partial charge in [-0.05, 0) is 13.8 Å². The molecule has 2 saturated heterocycles. The van der Waals surface area contributed by atoms with Crippen LogP contribution in [0.4, 0.5) is 0 Å². The average molecular weight is 216 g/mol. The summed E-state index contributed by atoms with van der Waals surface area (Å²) >= 11 is 0. The lowest BCUT2D eigenvalue weighted by Crippen LogP contribution is -2.48. The minimum absolute atomic E-state index is 0.303. The second kappa shape index (κ2) is 3.26. The fourth-order valence-electron chi connectivity index (χ4n) is 2.03. The van der Waals surface area contributed by atoms with Crippen molar-refractivity contribution in [3.05, 3.63) is 12.7 Å². The number of fused-ring (bicyclic) bond motifs is 1. The van der Waals surface area contributed by atoms with Gasteiger partial charge in [0.05, 0.1) is 6.61 Å². The summed E-state index contributed by atoms with van der Waals surface area (Å²) in [7, 11) is 0. The number of ether oxygens (including phenoxy) is 3. The van der Waals surface area contributed by atoms with E-state index in [9.17, 15) is 5.11 Å². The van der Waals surface area contributed by atoms with Crippen molar-refractivity contribution < 1.29 is 24.4 Å². The summed E-state index contributed by atoms with van der Waals surface area (Å²) in [4.78, 5) is 0. The van der Waals surface area contributed by atoms with Crippen molar-refractivity contribution >= 4 is 0 Å². The van der Waals surface area contributed by atoms with Crippen molar-refractivity contribution in [2.45, 2.75) is 43.7 Å². The van der Waals surface area contributed by atoms with Gasteiger partial charge in [0.2, 0.25) is 0 Å². The van der Waals surface area contributed by atoms with E-state index in [0.717, 1.165) is 0 Å². The molecule has 15 heavy (non-hydrogen) atoms. The van der Waals surface area contributed by atoms with Gasteiger partial charge in [-0.15, -0.1) is 6.58 Å². The fraction of sp³-hybridized carbons (Fsp3) is 0.800. The van der Waals surface area contributed by atoms with Crippen LogP contribution in [-0.2, 0) is 14.2 Å². The SMILES string of the molecule is C=CC1(O)[C@@H](CO)O[C@@H]2OC(C)(C)O[C@@H]21. The molecule has 2 fully saturated rings. The first kappa shape index (κ1) is 11.0. The normalized spacial score (nSPS) is 47.9. The summed E-state index contributed by atoms with van der Waals surface area (Å²) in [6, 6.07) is 0. The molecule has 86 valence electrons. The number of hydrogen-bond donors (Lipinski definition) is 2. The molecule has 2 N–H and O–H groups in total. The first-order chi connectivity index (χ1) is 6.93. The molecule has 4 atom stereocenters. The molecule has 1 unspecified atom stereocenters. The Labute approximate surface area is 88.3 Å². The quantitative estimate of drug-likeness (QED) is 0.624. The van der Waals surface area contributed by atoms with Crippen LogP contribution in [0.2, 0.25) is 0 Å². The molecule has 2 rings (SSSR count). The molecule has 0 aromatic heterocycles. The molecule has 5 heteroatoms. The van der Waals surface area contributed by atoms with Gasteiger partial charge in [-0.3, -0.25) is 0 Å². The molecule has 0 bridgehead atoms. The van der Waals surface area contributed by atoms with E-state index < -0.39 is 29.9 Å². The molecule has 2 aliphatic heterocycles. The van der Waals surface area contributed by atoms with E-state index in [0.29, 0.717) is 0 Å². The highest BCUT2D eigenvalue weighted by Gasteiger charge is 2.61.